The molecule has 2 fully saturated rings. The largest absolute Gasteiger partial charge is 0.670 e. The molecule has 0 bridgehead atoms. The molecule has 7 atom stereocenters. The van der Waals surface area contributed by atoms with E-state index in [0.29, 0.717) is 30.1 Å². The van der Waals surface area contributed by atoms with Crippen molar-refractivity contribution >= 4 is 0 Å². The molecule has 0 spiro atoms. The first-order chi connectivity index (χ1) is 19.8. The summed E-state index contributed by atoms with van der Waals surface area (Å²) in [5, 5.41) is 43.2. The minimum Gasteiger partial charge on any atom is -0.670 e. The standard InChI is InChI=1S/C34H40NO6/c1-19-4-3-5-23(12-19)25-14-21(7-9-28(25)36)22-6-8-24-29(37)17-32(41-31(24)15-22)26-16-30(38)33(39)34(40-2)27(26)13-20-10-11-35-18-20/h3,5,7,9-11,14,16,18-19,22-24,29,31-32,36-39H,4,6,8,12-13,15,17H2,1-2H3/q-1. The maximum Gasteiger partial charge on any atom is 0.200 e. The van der Waals surface area contributed by atoms with Gasteiger partial charge in [0.25, 0.3) is 0 Å². The maximum absolute atomic E-state index is 11.3. The van der Waals surface area contributed by atoms with E-state index in [1.165, 1.54) is 12.7 Å². The van der Waals surface area contributed by atoms with E-state index in [0.717, 1.165) is 48.8 Å². The van der Waals surface area contributed by atoms with E-state index in [2.05, 4.69) is 30.1 Å². The number of phenolic OH excluding ortho intramolecular Hbond substituents is 3. The zero-order valence-corrected chi connectivity index (χ0v) is 23.7. The summed E-state index contributed by atoms with van der Waals surface area (Å²) in [6.45, 7) is 2.26. The lowest BCUT2D eigenvalue weighted by Gasteiger charge is -2.45. The predicted octanol–water partition coefficient (Wildman–Crippen LogP) is 6.20. The monoisotopic (exact) mass is 558 g/mol. The Kier molecular flexibility index (Phi) is 7.75. The molecule has 7 unspecified atom stereocenters. The number of benzene rings is 2. The number of aromatic nitrogens is 1. The second-order valence-corrected chi connectivity index (χ2v) is 12.3. The highest BCUT2D eigenvalue weighted by molar-refractivity contribution is 5.59. The summed E-state index contributed by atoms with van der Waals surface area (Å²) >= 11 is 0. The molecule has 1 saturated carbocycles. The Balaban J connectivity index is 1.27. The Labute approximate surface area is 241 Å². The van der Waals surface area contributed by atoms with Crippen LogP contribution >= 0.6 is 0 Å². The summed E-state index contributed by atoms with van der Waals surface area (Å²) in [7, 11) is 1.47. The molecule has 2 aromatic carbocycles. The molecule has 2 aliphatic carbocycles. The van der Waals surface area contributed by atoms with Crippen LogP contribution in [0.5, 0.6) is 23.0 Å². The third-order valence-corrected chi connectivity index (χ3v) is 9.54. The molecule has 218 valence electrons. The van der Waals surface area contributed by atoms with Crippen LogP contribution in [0, 0.1) is 11.8 Å². The van der Waals surface area contributed by atoms with Gasteiger partial charge in [0, 0.05) is 29.4 Å². The van der Waals surface area contributed by atoms with Crippen molar-refractivity contribution in [2.45, 2.75) is 82.0 Å². The topological polar surface area (TPSA) is 113 Å². The van der Waals surface area contributed by atoms with Gasteiger partial charge in [-0.2, -0.15) is 12.4 Å². The van der Waals surface area contributed by atoms with Gasteiger partial charge in [0.05, 0.1) is 25.4 Å². The van der Waals surface area contributed by atoms with Gasteiger partial charge in [0.1, 0.15) is 5.75 Å². The van der Waals surface area contributed by atoms with Gasteiger partial charge >= 0.3 is 0 Å². The minimum atomic E-state index is -0.542. The summed E-state index contributed by atoms with van der Waals surface area (Å²) in [6, 6.07) is 9.50. The average Bonchev–Trinajstić information content (AvgIpc) is 3.48. The van der Waals surface area contributed by atoms with Gasteiger partial charge in [-0.25, -0.2) is 0 Å². The summed E-state index contributed by atoms with van der Waals surface area (Å²) in [5.41, 5.74) is 4.58. The van der Waals surface area contributed by atoms with Crippen molar-refractivity contribution in [3.05, 3.63) is 82.7 Å². The van der Waals surface area contributed by atoms with E-state index in [1.807, 2.05) is 18.2 Å². The number of aliphatic hydroxyl groups is 1. The van der Waals surface area contributed by atoms with Crippen molar-refractivity contribution < 1.29 is 29.9 Å². The lowest BCUT2D eigenvalue weighted by atomic mass is 9.71. The lowest BCUT2D eigenvalue weighted by Crippen LogP contribution is -2.44. The molecule has 2 heterocycles. The summed E-state index contributed by atoms with van der Waals surface area (Å²) in [6.07, 6.45) is 12.3. The first-order valence-corrected chi connectivity index (χ1v) is 14.8. The highest BCUT2D eigenvalue weighted by atomic mass is 16.5. The maximum atomic E-state index is 11.3. The molecular weight excluding hydrogens is 518 g/mol. The molecule has 4 N–H and O–H groups in total. The van der Waals surface area contributed by atoms with Crippen LogP contribution < -0.4 is 9.72 Å². The summed E-state index contributed by atoms with van der Waals surface area (Å²) < 4.78 is 12.3. The van der Waals surface area contributed by atoms with Gasteiger partial charge in [-0.15, -0.1) is 0 Å². The first-order valence-electron chi connectivity index (χ1n) is 14.8. The fraction of sp³-hybridized carbons (Fsp3) is 0.471. The summed E-state index contributed by atoms with van der Waals surface area (Å²) in [4.78, 5) is 4.16. The van der Waals surface area contributed by atoms with E-state index in [1.54, 1.807) is 18.5 Å². The summed E-state index contributed by atoms with van der Waals surface area (Å²) in [5.74, 6) is 1.10. The Morgan fingerprint density at radius 2 is 1.85 bits per heavy atom. The second-order valence-electron chi connectivity index (χ2n) is 12.3. The molecule has 3 aromatic rings. The van der Waals surface area contributed by atoms with Crippen LogP contribution in [0.1, 0.15) is 91.2 Å². The Bertz CT molecular complexity index is 1400. The van der Waals surface area contributed by atoms with Crippen LogP contribution in [0.25, 0.3) is 0 Å². The van der Waals surface area contributed by atoms with E-state index in [4.69, 9.17) is 9.47 Å². The number of hydrogen-bond donors (Lipinski definition) is 4. The SMILES string of the molecule is COc1c(O)c(O)cc(C2CC(O)C3CCC(c4ccc(O)c(C5C=CCC(C)C5)c4)CC3O2)c1Cc1cc[n-]c1. The lowest BCUT2D eigenvalue weighted by molar-refractivity contribution is -0.154. The molecule has 3 aliphatic rings. The Morgan fingerprint density at radius 3 is 2.61 bits per heavy atom. The minimum absolute atomic E-state index is 0.0385. The number of aliphatic hydroxyl groups excluding tert-OH is 1. The molecular formula is C34H40NO6-. The number of fused-ring (bicyclic) bond motifs is 1. The van der Waals surface area contributed by atoms with Gasteiger partial charge in [-0.05, 0) is 73.6 Å². The van der Waals surface area contributed by atoms with Gasteiger partial charge < -0.3 is 34.9 Å². The molecule has 41 heavy (non-hydrogen) atoms. The van der Waals surface area contributed by atoms with Crippen molar-refractivity contribution in [3.8, 4) is 23.0 Å². The normalized spacial score (nSPS) is 29.7. The zero-order chi connectivity index (χ0) is 28.7. The highest BCUT2D eigenvalue weighted by Crippen LogP contribution is 2.50. The van der Waals surface area contributed by atoms with Crippen LogP contribution in [-0.2, 0) is 11.2 Å². The number of phenols is 3. The molecule has 7 heteroatoms. The smallest absolute Gasteiger partial charge is 0.200 e. The molecule has 6 rings (SSSR count). The van der Waals surface area contributed by atoms with Crippen molar-refractivity contribution in [2.75, 3.05) is 7.11 Å². The fourth-order valence-electron chi connectivity index (χ4n) is 7.36. The number of aromatic hydroxyl groups is 3. The van der Waals surface area contributed by atoms with E-state index < -0.39 is 12.2 Å². The van der Waals surface area contributed by atoms with Crippen molar-refractivity contribution in [3.63, 3.8) is 0 Å². The van der Waals surface area contributed by atoms with Gasteiger partial charge in [-0.3, -0.25) is 0 Å². The molecule has 0 amide bonds. The number of hydrogen-bond acceptors (Lipinski definition) is 6. The van der Waals surface area contributed by atoms with E-state index in [-0.39, 0.29) is 41.1 Å². The third-order valence-electron chi connectivity index (χ3n) is 9.54. The quantitative estimate of drug-likeness (QED) is 0.210. The van der Waals surface area contributed by atoms with Gasteiger partial charge in [-0.1, -0.05) is 42.8 Å². The number of rotatable bonds is 6. The highest BCUT2D eigenvalue weighted by Gasteiger charge is 2.43. The fourth-order valence-corrected chi connectivity index (χ4v) is 7.36. The predicted molar refractivity (Wildman–Crippen MR) is 156 cm³/mol. The number of allylic oxidation sites excluding steroid dienone is 2. The van der Waals surface area contributed by atoms with E-state index >= 15 is 0 Å². The van der Waals surface area contributed by atoms with Crippen LogP contribution in [0.15, 0.2) is 54.9 Å². The van der Waals surface area contributed by atoms with Crippen LogP contribution in [0.2, 0.25) is 0 Å². The van der Waals surface area contributed by atoms with Crippen LogP contribution in [0.3, 0.4) is 0 Å². The zero-order valence-electron chi connectivity index (χ0n) is 23.7. The van der Waals surface area contributed by atoms with E-state index in [9.17, 15) is 20.4 Å². The number of ether oxygens (including phenoxy) is 2. The molecule has 7 nitrogen and oxygen atoms in total. The third kappa shape index (κ3) is 5.45. The van der Waals surface area contributed by atoms with Crippen LogP contribution in [-0.4, -0.2) is 39.7 Å². The molecule has 1 aliphatic heterocycles. The van der Waals surface area contributed by atoms with Crippen LogP contribution in [0.4, 0.5) is 0 Å². The second kappa shape index (κ2) is 11.5. The first kappa shape index (κ1) is 27.7. The van der Waals surface area contributed by atoms with Crippen molar-refractivity contribution in [1.29, 1.82) is 0 Å². The number of methoxy groups -OCH3 is 1. The van der Waals surface area contributed by atoms with Gasteiger partial charge in [0.15, 0.2) is 11.5 Å². The molecule has 0 radical (unpaired) electrons. The Hall–Kier alpha value is -3.42. The molecule has 1 saturated heterocycles. The number of nitrogens with zero attached hydrogens (tertiary/aromatic N) is 1. The van der Waals surface area contributed by atoms with Gasteiger partial charge in [0.2, 0.25) is 5.75 Å². The van der Waals surface area contributed by atoms with Crippen molar-refractivity contribution in [2.24, 2.45) is 11.8 Å². The molecule has 1 aromatic heterocycles. The average molecular weight is 559 g/mol. The Morgan fingerprint density at radius 1 is 1.00 bits per heavy atom. The van der Waals surface area contributed by atoms with Crippen molar-refractivity contribution in [1.82, 2.24) is 4.98 Å².